The predicted octanol–water partition coefficient (Wildman–Crippen LogP) is 4.52. The minimum atomic E-state index is -0.111. The second-order valence-corrected chi connectivity index (χ2v) is 7.40. The Labute approximate surface area is 164 Å². The second kappa shape index (κ2) is 7.02. The van der Waals surface area contributed by atoms with E-state index in [-0.39, 0.29) is 5.91 Å². The van der Waals surface area contributed by atoms with Crippen molar-refractivity contribution in [3.63, 3.8) is 0 Å². The van der Waals surface area contributed by atoms with Gasteiger partial charge in [0.25, 0.3) is 5.91 Å². The number of carbonyl (C=O) groups is 1. The maximum Gasteiger partial charge on any atom is 0.251 e. The van der Waals surface area contributed by atoms with E-state index in [1.54, 1.807) is 19.2 Å². The molecule has 0 saturated heterocycles. The van der Waals surface area contributed by atoms with Crippen LogP contribution in [0.5, 0.6) is 0 Å². The van der Waals surface area contributed by atoms with Gasteiger partial charge in [0.1, 0.15) is 5.65 Å². The fourth-order valence-electron chi connectivity index (χ4n) is 2.85. The van der Waals surface area contributed by atoms with Gasteiger partial charge in [-0.15, -0.1) is 0 Å². The summed E-state index contributed by atoms with van der Waals surface area (Å²) in [6.07, 6.45) is 3.68. The van der Waals surface area contributed by atoms with Gasteiger partial charge in [-0.05, 0) is 43.3 Å². The molecule has 0 aliphatic carbocycles. The molecule has 2 N–H and O–H groups in total. The highest BCUT2D eigenvalue weighted by molar-refractivity contribution is 7.18. The van der Waals surface area contributed by atoms with Crippen molar-refractivity contribution in [2.24, 2.45) is 0 Å². The number of halogens is 1. The third-order valence-corrected chi connectivity index (χ3v) is 5.26. The van der Waals surface area contributed by atoms with Gasteiger partial charge >= 0.3 is 0 Å². The quantitative estimate of drug-likeness (QED) is 0.531. The van der Waals surface area contributed by atoms with Crippen molar-refractivity contribution in [3.8, 4) is 10.6 Å². The number of hydrogen-bond acceptors (Lipinski definition) is 5. The average Bonchev–Trinajstić information content (AvgIpc) is 3.24. The number of rotatable bonds is 4. The summed E-state index contributed by atoms with van der Waals surface area (Å²) in [7, 11) is 1.61. The Morgan fingerprint density at radius 2 is 1.96 bits per heavy atom. The van der Waals surface area contributed by atoms with Crippen molar-refractivity contribution in [2.45, 2.75) is 6.92 Å². The van der Waals surface area contributed by atoms with Gasteiger partial charge in [0, 0.05) is 30.7 Å². The van der Waals surface area contributed by atoms with E-state index in [0.717, 1.165) is 32.7 Å². The third kappa shape index (κ3) is 3.39. The first-order chi connectivity index (χ1) is 13.0. The lowest BCUT2D eigenvalue weighted by Crippen LogP contribution is -2.17. The first-order valence-electron chi connectivity index (χ1n) is 8.25. The summed E-state index contributed by atoms with van der Waals surface area (Å²) >= 11 is 7.67. The molecule has 1 amide bonds. The molecule has 3 aromatic heterocycles. The monoisotopic (exact) mass is 397 g/mol. The lowest BCUT2D eigenvalue weighted by Gasteiger charge is -2.04. The standard InChI is InChI=1S/C19H16ClN5OS/c1-11-17(25-10-13(20)5-8-16(25)23-11)15-9-22-19(27-15)24-14-6-3-12(4-7-14)18(26)21-2/h3-10H,1-2H3,(H,21,26)(H,22,24). The first kappa shape index (κ1) is 17.5. The number of imidazole rings is 1. The Balaban J connectivity index is 1.62. The Hall–Kier alpha value is -2.90. The molecule has 0 atom stereocenters. The Kier molecular flexibility index (Phi) is 4.55. The first-order valence-corrected chi connectivity index (χ1v) is 9.44. The summed E-state index contributed by atoms with van der Waals surface area (Å²) in [5.41, 5.74) is 4.22. The number of aromatic nitrogens is 3. The summed E-state index contributed by atoms with van der Waals surface area (Å²) in [4.78, 5) is 21.7. The number of benzene rings is 1. The van der Waals surface area contributed by atoms with Gasteiger partial charge in [-0.25, -0.2) is 9.97 Å². The molecule has 0 saturated carbocycles. The average molecular weight is 398 g/mol. The molecule has 1 aromatic carbocycles. The van der Waals surface area contributed by atoms with E-state index in [0.29, 0.717) is 10.6 Å². The lowest BCUT2D eigenvalue weighted by molar-refractivity contribution is 0.0963. The van der Waals surface area contributed by atoms with E-state index in [9.17, 15) is 4.79 Å². The Morgan fingerprint density at radius 1 is 1.19 bits per heavy atom. The van der Waals surface area contributed by atoms with E-state index in [1.165, 1.54) is 11.3 Å². The van der Waals surface area contributed by atoms with Crippen LogP contribution in [-0.4, -0.2) is 27.3 Å². The molecule has 27 heavy (non-hydrogen) atoms. The van der Waals surface area contributed by atoms with Crippen LogP contribution in [0, 0.1) is 6.92 Å². The number of pyridine rings is 1. The van der Waals surface area contributed by atoms with Gasteiger partial charge in [-0.1, -0.05) is 22.9 Å². The predicted molar refractivity (Wildman–Crippen MR) is 109 cm³/mol. The second-order valence-electron chi connectivity index (χ2n) is 5.93. The lowest BCUT2D eigenvalue weighted by atomic mass is 10.2. The topological polar surface area (TPSA) is 71.3 Å². The highest BCUT2D eigenvalue weighted by atomic mass is 35.5. The summed E-state index contributed by atoms with van der Waals surface area (Å²) in [6, 6.07) is 11.0. The van der Waals surface area contributed by atoms with Crippen LogP contribution in [0.4, 0.5) is 10.8 Å². The zero-order valence-electron chi connectivity index (χ0n) is 14.7. The molecule has 8 heteroatoms. The van der Waals surface area contributed by atoms with E-state index < -0.39 is 0 Å². The summed E-state index contributed by atoms with van der Waals surface area (Å²) < 4.78 is 1.98. The van der Waals surface area contributed by atoms with Crippen LogP contribution < -0.4 is 10.6 Å². The van der Waals surface area contributed by atoms with Crippen molar-refractivity contribution in [1.82, 2.24) is 19.7 Å². The largest absolute Gasteiger partial charge is 0.355 e. The van der Waals surface area contributed by atoms with E-state index in [2.05, 4.69) is 20.6 Å². The fraction of sp³-hybridized carbons (Fsp3) is 0.105. The Morgan fingerprint density at radius 3 is 2.70 bits per heavy atom. The fourth-order valence-corrected chi connectivity index (χ4v) is 3.94. The maximum absolute atomic E-state index is 11.6. The zero-order valence-corrected chi connectivity index (χ0v) is 16.2. The number of fused-ring (bicyclic) bond motifs is 1. The molecule has 4 aromatic rings. The van der Waals surface area contributed by atoms with E-state index in [4.69, 9.17) is 11.6 Å². The van der Waals surface area contributed by atoms with Crippen molar-refractivity contribution < 1.29 is 4.79 Å². The Bertz CT molecular complexity index is 1130. The summed E-state index contributed by atoms with van der Waals surface area (Å²) in [5.74, 6) is -0.111. The highest BCUT2D eigenvalue weighted by Crippen LogP contribution is 2.33. The molecule has 0 spiro atoms. The number of anilines is 2. The van der Waals surface area contributed by atoms with Gasteiger partial charge in [-0.3, -0.25) is 9.20 Å². The molecule has 0 bridgehead atoms. The van der Waals surface area contributed by atoms with Crippen molar-refractivity contribution in [2.75, 3.05) is 12.4 Å². The van der Waals surface area contributed by atoms with Crippen LogP contribution in [0.25, 0.3) is 16.2 Å². The van der Waals surface area contributed by atoms with Crippen LogP contribution >= 0.6 is 22.9 Å². The summed E-state index contributed by atoms with van der Waals surface area (Å²) in [6.45, 7) is 1.97. The van der Waals surface area contributed by atoms with Gasteiger partial charge in [-0.2, -0.15) is 0 Å². The third-order valence-electron chi connectivity index (χ3n) is 4.12. The maximum atomic E-state index is 11.6. The molecule has 0 aliphatic heterocycles. The molecule has 0 fully saturated rings. The molecule has 0 aliphatic rings. The van der Waals surface area contributed by atoms with Crippen LogP contribution in [0.1, 0.15) is 16.1 Å². The van der Waals surface area contributed by atoms with Crippen LogP contribution in [-0.2, 0) is 0 Å². The molecule has 0 radical (unpaired) electrons. The number of carbonyl (C=O) groups excluding carboxylic acids is 1. The molecule has 136 valence electrons. The van der Waals surface area contributed by atoms with Crippen LogP contribution in [0.15, 0.2) is 48.8 Å². The molecule has 4 rings (SSSR count). The molecular weight excluding hydrogens is 382 g/mol. The SMILES string of the molecule is CNC(=O)c1ccc(Nc2ncc(-c3c(C)nc4ccc(Cl)cn34)s2)cc1. The van der Waals surface area contributed by atoms with Gasteiger partial charge in [0.05, 0.1) is 21.3 Å². The smallest absolute Gasteiger partial charge is 0.251 e. The number of nitrogens with one attached hydrogen (secondary N) is 2. The van der Waals surface area contributed by atoms with E-state index in [1.807, 2.05) is 48.0 Å². The van der Waals surface area contributed by atoms with Gasteiger partial charge in [0.2, 0.25) is 0 Å². The van der Waals surface area contributed by atoms with Gasteiger partial charge < -0.3 is 10.6 Å². The number of amides is 1. The number of aryl methyl sites for hydroxylation is 1. The van der Waals surface area contributed by atoms with Crippen molar-refractivity contribution in [1.29, 1.82) is 0 Å². The molecular formula is C19H16ClN5OS. The minimum Gasteiger partial charge on any atom is -0.355 e. The molecule has 0 unspecified atom stereocenters. The molecule has 3 heterocycles. The zero-order chi connectivity index (χ0) is 19.0. The van der Waals surface area contributed by atoms with Crippen molar-refractivity contribution in [3.05, 3.63) is 65.1 Å². The number of hydrogen-bond donors (Lipinski definition) is 2. The summed E-state index contributed by atoms with van der Waals surface area (Å²) in [5, 5.41) is 7.29. The number of nitrogens with zero attached hydrogens (tertiary/aromatic N) is 3. The number of thiazole rings is 1. The van der Waals surface area contributed by atoms with Crippen LogP contribution in [0.2, 0.25) is 5.02 Å². The molecule has 6 nitrogen and oxygen atoms in total. The van der Waals surface area contributed by atoms with Gasteiger partial charge in [0.15, 0.2) is 5.13 Å². The minimum absolute atomic E-state index is 0.111. The normalized spacial score (nSPS) is 10.9. The van der Waals surface area contributed by atoms with E-state index >= 15 is 0 Å². The van der Waals surface area contributed by atoms with Crippen molar-refractivity contribution >= 4 is 45.3 Å². The van der Waals surface area contributed by atoms with Crippen LogP contribution in [0.3, 0.4) is 0 Å². The highest BCUT2D eigenvalue weighted by Gasteiger charge is 2.14.